The Bertz CT molecular complexity index is 601. The summed E-state index contributed by atoms with van der Waals surface area (Å²) in [5.74, 6) is 6.32. The maximum absolute atomic E-state index is 12.2. The fourth-order valence-electron chi connectivity index (χ4n) is 7.72. The van der Waals surface area contributed by atoms with Crippen LogP contribution in [0, 0.1) is 46.8 Å². The third-order valence-electron chi connectivity index (χ3n) is 9.78. The van der Waals surface area contributed by atoms with Crippen LogP contribution < -0.4 is 0 Å². The van der Waals surface area contributed by atoms with Gasteiger partial charge in [-0.25, -0.2) is 0 Å². The standard InChI is InChI=1S/C29H50O/c1-7-23-18-25-19-26(30)16-17-29(25,6)27-13-9-12-24(15-14-22(5)28(23)27)21(4)11-8-10-20(2)3/h19-24,27-28H,7-18H2,1-6H3/t21?,22?,23-,24?,27?,28?,29-/m0/s1. The largest absolute Gasteiger partial charge is 0.295 e. The molecule has 0 aromatic heterocycles. The Morgan fingerprint density at radius 2 is 1.87 bits per heavy atom. The summed E-state index contributed by atoms with van der Waals surface area (Å²) in [6.45, 7) is 14.8. The van der Waals surface area contributed by atoms with Gasteiger partial charge in [0.2, 0.25) is 0 Å². The lowest BCUT2D eigenvalue weighted by Crippen LogP contribution is -2.47. The van der Waals surface area contributed by atoms with Crippen molar-refractivity contribution < 1.29 is 4.79 Å². The maximum atomic E-state index is 12.2. The van der Waals surface area contributed by atoms with Crippen LogP contribution in [0.2, 0.25) is 0 Å². The van der Waals surface area contributed by atoms with Crippen molar-refractivity contribution in [3.05, 3.63) is 11.6 Å². The molecule has 172 valence electrons. The molecular formula is C29H50O. The van der Waals surface area contributed by atoms with Gasteiger partial charge in [-0.3, -0.25) is 4.79 Å². The molecule has 0 aromatic carbocycles. The van der Waals surface area contributed by atoms with Crippen LogP contribution in [0.5, 0.6) is 0 Å². The summed E-state index contributed by atoms with van der Waals surface area (Å²) in [4.78, 5) is 12.2. The monoisotopic (exact) mass is 414 g/mol. The Balaban J connectivity index is 1.75. The van der Waals surface area contributed by atoms with E-state index in [1.165, 1.54) is 69.8 Å². The highest BCUT2D eigenvalue weighted by atomic mass is 16.1. The molecule has 7 atom stereocenters. The van der Waals surface area contributed by atoms with Gasteiger partial charge in [0.15, 0.2) is 5.78 Å². The molecule has 30 heavy (non-hydrogen) atoms. The first-order chi connectivity index (χ1) is 14.3. The number of hydrogen-bond acceptors (Lipinski definition) is 1. The minimum atomic E-state index is 0.293. The summed E-state index contributed by atoms with van der Waals surface area (Å²) in [5, 5.41) is 0. The zero-order chi connectivity index (χ0) is 21.9. The Morgan fingerprint density at radius 1 is 1.10 bits per heavy atom. The van der Waals surface area contributed by atoms with Gasteiger partial charge in [-0.05, 0) is 78.6 Å². The lowest BCUT2D eigenvalue weighted by Gasteiger charge is -2.54. The van der Waals surface area contributed by atoms with Crippen LogP contribution in [-0.2, 0) is 4.79 Å². The minimum absolute atomic E-state index is 0.293. The van der Waals surface area contributed by atoms with E-state index in [4.69, 9.17) is 0 Å². The lowest BCUT2D eigenvalue weighted by atomic mass is 9.50. The van der Waals surface area contributed by atoms with E-state index in [0.717, 1.165) is 54.3 Å². The number of carbonyl (C=O) groups is 1. The van der Waals surface area contributed by atoms with E-state index in [1.54, 1.807) is 0 Å². The summed E-state index contributed by atoms with van der Waals surface area (Å²) < 4.78 is 0. The molecule has 0 saturated heterocycles. The van der Waals surface area contributed by atoms with Crippen LogP contribution in [-0.4, -0.2) is 5.78 Å². The van der Waals surface area contributed by atoms with Crippen molar-refractivity contribution in [3.8, 4) is 0 Å². The number of rotatable bonds is 6. The van der Waals surface area contributed by atoms with Gasteiger partial charge in [0.25, 0.3) is 0 Å². The van der Waals surface area contributed by atoms with E-state index >= 15 is 0 Å². The van der Waals surface area contributed by atoms with Crippen LogP contribution >= 0.6 is 0 Å². The summed E-state index contributed by atoms with van der Waals surface area (Å²) >= 11 is 0. The molecule has 0 aromatic rings. The average molecular weight is 415 g/mol. The fourth-order valence-corrected chi connectivity index (χ4v) is 7.72. The molecular weight excluding hydrogens is 364 g/mol. The predicted octanol–water partition coefficient (Wildman–Crippen LogP) is 8.62. The number of allylic oxidation sites excluding steroid dienone is 2. The smallest absolute Gasteiger partial charge is 0.155 e. The molecule has 3 aliphatic rings. The molecule has 0 aliphatic heterocycles. The van der Waals surface area contributed by atoms with E-state index < -0.39 is 0 Å². The molecule has 1 heteroatoms. The normalized spacial score (nSPS) is 38.7. The van der Waals surface area contributed by atoms with E-state index in [0.29, 0.717) is 11.2 Å². The van der Waals surface area contributed by atoms with Crippen molar-refractivity contribution in [2.45, 2.75) is 119 Å². The molecule has 0 amide bonds. The van der Waals surface area contributed by atoms with Crippen molar-refractivity contribution in [3.63, 3.8) is 0 Å². The molecule has 0 heterocycles. The van der Waals surface area contributed by atoms with Crippen molar-refractivity contribution in [2.24, 2.45) is 46.8 Å². The SMILES string of the molecule is CC[C@H]1CC2=CC(=O)CC[C@]2(C)C2CCCC(C(C)CCCC(C)C)CCC(C)C21. The van der Waals surface area contributed by atoms with Gasteiger partial charge in [-0.1, -0.05) is 92.1 Å². The molecule has 0 bridgehead atoms. The van der Waals surface area contributed by atoms with Crippen LogP contribution in [0.1, 0.15) is 119 Å². The van der Waals surface area contributed by atoms with E-state index in [2.05, 4.69) is 47.6 Å². The Morgan fingerprint density at radius 3 is 2.57 bits per heavy atom. The van der Waals surface area contributed by atoms with Gasteiger partial charge >= 0.3 is 0 Å². The first-order valence-corrected chi connectivity index (χ1v) is 13.5. The molecule has 0 radical (unpaired) electrons. The minimum Gasteiger partial charge on any atom is -0.295 e. The van der Waals surface area contributed by atoms with E-state index in [-0.39, 0.29) is 0 Å². The molecule has 2 fully saturated rings. The average Bonchev–Trinajstić information content (AvgIpc) is 2.78. The first-order valence-electron chi connectivity index (χ1n) is 13.5. The topological polar surface area (TPSA) is 17.1 Å². The molecule has 2 saturated carbocycles. The Kier molecular flexibility index (Phi) is 8.30. The maximum Gasteiger partial charge on any atom is 0.155 e. The Hall–Kier alpha value is -0.590. The highest BCUT2D eigenvalue weighted by Gasteiger charge is 2.51. The second-order valence-electron chi connectivity index (χ2n) is 12.2. The highest BCUT2D eigenvalue weighted by Crippen LogP contribution is 2.59. The van der Waals surface area contributed by atoms with Gasteiger partial charge in [0.1, 0.15) is 0 Å². The number of hydrogen-bond donors (Lipinski definition) is 0. The third kappa shape index (κ3) is 5.24. The highest BCUT2D eigenvalue weighted by molar-refractivity contribution is 5.91. The fraction of sp³-hybridized carbons (Fsp3) is 0.897. The molecule has 3 aliphatic carbocycles. The van der Waals surface area contributed by atoms with E-state index in [1.807, 2.05) is 0 Å². The summed E-state index contributed by atoms with van der Waals surface area (Å²) in [5.41, 5.74) is 1.82. The van der Waals surface area contributed by atoms with Crippen LogP contribution in [0.4, 0.5) is 0 Å². The van der Waals surface area contributed by atoms with Crippen molar-refractivity contribution in [1.29, 1.82) is 0 Å². The molecule has 0 N–H and O–H groups in total. The third-order valence-corrected chi connectivity index (χ3v) is 9.78. The van der Waals surface area contributed by atoms with Gasteiger partial charge < -0.3 is 0 Å². The number of carbonyl (C=O) groups excluding carboxylic acids is 1. The zero-order valence-electron chi connectivity index (χ0n) is 21.0. The number of ketones is 1. The van der Waals surface area contributed by atoms with Crippen LogP contribution in [0.3, 0.4) is 0 Å². The Labute approximate surface area is 187 Å². The summed E-state index contributed by atoms with van der Waals surface area (Å²) in [7, 11) is 0. The number of fused-ring (bicyclic) bond motifs is 3. The van der Waals surface area contributed by atoms with Crippen molar-refractivity contribution >= 4 is 5.78 Å². The van der Waals surface area contributed by atoms with Crippen molar-refractivity contribution in [2.75, 3.05) is 0 Å². The molecule has 1 nitrogen and oxygen atoms in total. The lowest BCUT2D eigenvalue weighted by molar-refractivity contribution is -0.116. The zero-order valence-corrected chi connectivity index (χ0v) is 21.0. The van der Waals surface area contributed by atoms with Gasteiger partial charge in [-0.15, -0.1) is 0 Å². The van der Waals surface area contributed by atoms with Gasteiger partial charge in [0.05, 0.1) is 0 Å². The molecule has 0 spiro atoms. The quantitative estimate of drug-likeness (QED) is 0.425. The van der Waals surface area contributed by atoms with Crippen molar-refractivity contribution in [1.82, 2.24) is 0 Å². The van der Waals surface area contributed by atoms with Gasteiger partial charge in [-0.2, -0.15) is 0 Å². The summed E-state index contributed by atoms with van der Waals surface area (Å²) in [6.07, 6.45) is 17.8. The second-order valence-corrected chi connectivity index (χ2v) is 12.2. The van der Waals surface area contributed by atoms with Crippen LogP contribution in [0.25, 0.3) is 0 Å². The van der Waals surface area contributed by atoms with Gasteiger partial charge in [0, 0.05) is 6.42 Å². The summed E-state index contributed by atoms with van der Waals surface area (Å²) in [6, 6.07) is 0. The molecule has 5 unspecified atom stereocenters. The predicted molar refractivity (Wildman–Crippen MR) is 129 cm³/mol. The second kappa shape index (κ2) is 10.4. The van der Waals surface area contributed by atoms with E-state index in [9.17, 15) is 4.79 Å². The van der Waals surface area contributed by atoms with Crippen LogP contribution in [0.15, 0.2) is 11.6 Å². The first kappa shape index (κ1) is 24.1. The molecule has 3 rings (SSSR count).